The maximum Gasteiger partial charge on any atom is 1.00 e. The summed E-state index contributed by atoms with van der Waals surface area (Å²) in [4.78, 5) is 0. The van der Waals surface area contributed by atoms with Gasteiger partial charge in [0.2, 0.25) is 0 Å². The Hall–Kier alpha value is 0.987. The van der Waals surface area contributed by atoms with Crippen molar-refractivity contribution in [3.05, 3.63) is 0 Å². The van der Waals surface area contributed by atoms with E-state index in [0.29, 0.717) is 10.3 Å². The molecule has 0 fully saturated rings. The van der Waals surface area contributed by atoms with Crippen molar-refractivity contribution >= 4 is 7.92 Å². The Morgan fingerprint density at radius 1 is 0.722 bits per heavy atom. The predicted molar refractivity (Wildman–Crippen MR) is 79.2 cm³/mol. The molecule has 0 amide bonds. The first-order chi connectivity index (χ1) is 7.09. The van der Waals surface area contributed by atoms with Gasteiger partial charge in [0.1, 0.15) is 0 Å². The van der Waals surface area contributed by atoms with Gasteiger partial charge >= 0.3 is 18.9 Å². The van der Waals surface area contributed by atoms with E-state index in [1.54, 1.807) is 0 Å². The summed E-state index contributed by atoms with van der Waals surface area (Å²) in [7, 11) is -0.195. The van der Waals surface area contributed by atoms with E-state index in [4.69, 9.17) is 0 Å². The van der Waals surface area contributed by atoms with Gasteiger partial charge in [0.25, 0.3) is 0 Å². The molecule has 0 aromatic heterocycles. The van der Waals surface area contributed by atoms with Crippen LogP contribution in [0.3, 0.4) is 0 Å². The molecule has 0 rings (SSSR count). The first-order valence-electron chi connectivity index (χ1n) is 6.57. The molecule has 0 bridgehead atoms. The van der Waals surface area contributed by atoms with Gasteiger partial charge in [-0.05, 0) is 21.9 Å². The van der Waals surface area contributed by atoms with Crippen LogP contribution in [0.2, 0.25) is 0 Å². The van der Waals surface area contributed by atoms with Crippen molar-refractivity contribution in [3.8, 4) is 0 Å². The van der Waals surface area contributed by atoms with E-state index < -0.39 is 5.60 Å². The summed E-state index contributed by atoms with van der Waals surface area (Å²) in [6.07, 6.45) is 1.05. The molecule has 0 heterocycles. The van der Waals surface area contributed by atoms with Crippen molar-refractivity contribution in [2.24, 2.45) is 5.41 Å². The predicted octanol–water partition coefficient (Wildman–Crippen LogP) is 1.23. The van der Waals surface area contributed by atoms with Crippen LogP contribution < -0.4 is 24.0 Å². The van der Waals surface area contributed by atoms with Gasteiger partial charge in [0.15, 0.2) is 0 Å². The molecule has 3 heteroatoms. The van der Waals surface area contributed by atoms with Crippen molar-refractivity contribution in [3.63, 3.8) is 0 Å². The molecular weight excluding hydrogens is 234 g/mol. The van der Waals surface area contributed by atoms with Gasteiger partial charge in [0.05, 0.1) is 0 Å². The van der Waals surface area contributed by atoms with E-state index in [2.05, 4.69) is 55.4 Å². The molecule has 0 spiro atoms. The van der Waals surface area contributed by atoms with Gasteiger partial charge < -0.3 is 5.11 Å². The van der Waals surface area contributed by atoms with Crippen LogP contribution in [0.5, 0.6) is 0 Å². The average molecular weight is 266 g/mol. The first kappa shape index (κ1) is 21.3. The van der Waals surface area contributed by atoms with Crippen molar-refractivity contribution < 1.29 is 24.0 Å². The van der Waals surface area contributed by atoms with E-state index in [1.165, 1.54) is 0 Å². The second-order valence-corrected chi connectivity index (χ2v) is 12.2. The van der Waals surface area contributed by atoms with Crippen molar-refractivity contribution in [2.75, 3.05) is 6.16 Å². The Bertz CT molecular complexity index is 239. The Balaban J connectivity index is 0. The van der Waals surface area contributed by atoms with Crippen molar-refractivity contribution in [1.82, 2.24) is 0 Å². The largest absolute Gasteiger partial charge is 1.00 e. The van der Waals surface area contributed by atoms with E-state index in [-0.39, 0.29) is 32.2 Å². The Kier molecular flexibility index (Phi) is 7.31. The monoisotopic (exact) mass is 266 g/mol. The third-order valence-electron chi connectivity index (χ3n) is 3.80. The van der Waals surface area contributed by atoms with Gasteiger partial charge in [0, 0.05) is 0 Å². The number of rotatable bonds is 3. The second kappa shape index (κ2) is 6.18. The van der Waals surface area contributed by atoms with Crippen LogP contribution in [0, 0.1) is 5.41 Å². The van der Waals surface area contributed by atoms with Crippen LogP contribution in [-0.2, 0) is 0 Å². The zero-order chi connectivity index (χ0) is 14.3. The van der Waals surface area contributed by atoms with Crippen LogP contribution >= 0.6 is 7.92 Å². The molecule has 104 valence electrons. The molecule has 18 heavy (non-hydrogen) atoms. The first-order valence-corrected chi connectivity index (χ1v) is 8.10. The quantitative estimate of drug-likeness (QED) is 0.557. The van der Waals surface area contributed by atoms with Gasteiger partial charge in [-0.15, -0.1) is 5.60 Å². The van der Waals surface area contributed by atoms with Crippen molar-refractivity contribution in [2.45, 2.75) is 85.2 Å². The fraction of sp³-hybridized carbons (Fsp3) is 1.00. The minimum absolute atomic E-state index is 0. The Morgan fingerprint density at radius 2 is 1.00 bits per heavy atom. The van der Waals surface area contributed by atoms with Crippen LogP contribution in [0.15, 0.2) is 0 Å². The molecule has 0 aromatic rings. The smallest absolute Gasteiger partial charge is 0.849 e. The Morgan fingerprint density at radius 3 is 1.17 bits per heavy atom. The molecule has 0 aliphatic rings. The SMILES string of the molecule is CC(C)(C)P(CC(C)(C)C(C)(C)[O-])C(C)(C)C.[Li+]. The topological polar surface area (TPSA) is 23.1 Å². The molecule has 0 aliphatic heterocycles. The molecule has 0 N–H and O–H groups in total. The summed E-state index contributed by atoms with van der Waals surface area (Å²) in [5, 5.41) is 12.9. The van der Waals surface area contributed by atoms with Gasteiger partial charge in [-0.3, -0.25) is 0 Å². The number of hydrogen-bond donors (Lipinski definition) is 0. The fourth-order valence-corrected chi connectivity index (χ4v) is 6.20. The third-order valence-corrected chi connectivity index (χ3v) is 8.15. The van der Waals surface area contributed by atoms with E-state index in [0.717, 1.165) is 6.16 Å². The van der Waals surface area contributed by atoms with E-state index in [9.17, 15) is 5.11 Å². The zero-order valence-electron chi connectivity index (χ0n) is 14.6. The van der Waals surface area contributed by atoms with Gasteiger partial charge in [-0.2, -0.15) is 0 Å². The molecule has 0 atom stereocenters. The van der Waals surface area contributed by atoms with Crippen LogP contribution in [0.1, 0.15) is 69.2 Å². The molecule has 0 saturated heterocycles. The molecular formula is C15H32LiOP. The van der Waals surface area contributed by atoms with Crippen molar-refractivity contribution in [1.29, 1.82) is 0 Å². The molecule has 0 aromatic carbocycles. The fourth-order valence-electron chi connectivity index (χ4n) is 2.07. The van der Waals surface area contributed by atoms with Gasteiger partial charge in [-0.1, -0.05) is 77.2 Å². The van der Waals surface area contributed by atoms with Crippen LogP contribution in [0.4, 0.5) is 0 Å². The summed E-state index contributed by atoms with van der Waals surface area (Å²) in [6.45, 7) is 21.8. The van der Waals surface area contributed by atoms with Crippen LogP contribution in [0.25, 0.3) is 0 Å². The Labute approximate surface area is 128 Å². The maximum atomic E-state index is 12.3. The summed E-state index contributed by atoms with van der Waals surface area (Å²) in [5.41, 5.74) is -1.02. The maximum absolute atomic E-state index is 12.3. The van der Waals surface area contributed by atoms with Crippen LogP contribution in [-0.4, -0.2) is 22.1 Å². The standard InChI is InChI=1S/C15H32OP.Li/c1-12(2,3)17(13(4,5)6)11-14(7,8)15(9,10)16;/h11H2,1-10H3;/q-1;+1. The molecule has 0 saturated carbocycles. The number of hydrogen-bond acceptors (Lipinski definition) is 1. The summed E-state index contributed by atoms with van der Waals surface area (Å²) < 4.78 is 0. The molecule has 0 aliphatic carbocycles. The summed E-state index contributed by atoms with van der Waals surface area (Å²) in [5.74, 6) is 0. The van der Waals surface area contributed by atoms with E-state index >= 15 is 0 Å². The third kappa shape index (κ3) is 5.96. The minimum atomic E-state index is -0.871. The molecule has 0 unspecified atom stereocenters. The molecule has 1 nitrogen and oxygen atoms in total. The van der Waals surface area contributed by atoms with Gasteiger partial charge in [-0.25, -0.2) is 0 Å². The zero-order valence-corrected chi connectivity index (χ0v) is 15.5. The van der Waals surface area contributed by atoms with E-state index in [1.807, 2.05) is 13.8 Å². The summed E-state index contributed by atoms with van der Waals surface area (Å²) in [6, 6.07) is 0. The second-order valence-electron chi connectivity index (χ2n) is 8.32. The molecule has 0 radical (unpaired) electrons. The average Bonchev–Trinajstić information content (AvgIpc) is 1.93. The minimum Gasteiger partial charge on any atom is -0.849 e. The normalized spacial score (nSPS) is 14.7. The summed E-state index contributed by atoms with van der Waals surface area (Å²) >= 11 is 0.